The second kappa shape index (κ2) is 36.5. The summed E-state index contributed by atoms with van der Waals surface area (Å²) < 4.78 is 54.0. The van der Waals surface area contributed by atoms with Gasteiger partial charge in [-0.05, 0) is 70.6 Å². The maximum Gasteiger partial charge on any atom is 0.306 e. The minimum atomic E-state index is -4.60. The summed E-state index contributed by atoms with van der Waals surface area (Å²) in [6.07, 6.45) is 31.9. The van der Waals surface area contributed by atoms with E-state index in [1.165, 1.54) is 70.6 Å². The van der Waals surface area contributed by atoms with E-state index in [-0.39, 0.29) is 19.4 Å². The zero-order valence-corrected chi connectivity index (χ0v) is 37.4. The highest BCUT2D eigenvalue weighted by Crippen LogP contribution is 2.24. The number of rotatable bonds is 38. The van der Waals surface area contributed by atoms with Crippen LogP contribution in [0.15, 0.2) is 36.5 Å². The molecule has 0 aromatic carbocycles. The van der Waals surface area contributed by atoms with Crippen molar-refractivity contribution in [3.8, 4) is 0 Å². The Morgan fingerprint density at radius 2 is 1.02 bits per heavy atom. The first-order valence-electron chi connectivity index (χ1n) is 23.0. The first kappa shape index (κ1) is 54.9. The summed E-state index contributed by atoms with van der Waals surface area (Å²) in [4.78, 5) is 25.4. The van der Waals surface area contributed by atoms with E-state index in [1.54, 1.807) is 0 Å². The summed E-state index contributed by atoms with van der Waals surface area (Å²) in [7, 11) is -4.60. The topological polar surface area (TPSA) is 186 Å². The predicted molar refractivity (Wildman–Crippen MR) is 233 cm³/mol. The molecule has 0 aromatic rings. The van der Waals surface area contributed by atoms with Crippen LogP contribution in [0.3, 0.4) is 0 Å². The summed E-state index contributed by atoms with van der Waals surface area (Å²) in [5.41, 5.74) is 0. The number of carbonyl (C=O) groups is 2. The lowest BCUT2D eigenvalue weighted by molar-refractivity contribution is -0.297. The summed E-state index contributed by atoms with van der Waals surface area (Å²) in [5, 5.41) is 30.9. The van der Waals surface area contributed by atoms with Crippen LogP contribution in [0.2, 0.25) is 0 Å². The lowest BCUT2D eigenvalue weighted by Gasteiger charge is -2.40. The molecule has 13 heteroatoms. The Kier molecular flexibility index (Phi) is 34.0. The van der Waals surface area contributed by atoms with Gasteiger partial charge in [0, 0.05) is 12.8 Å². The van der Waals surface area contributed by atoms with Gasteiger partial charge >= 0.3 is 11.9 Å². The fourth-order valence-electron chi connectivity index (χ4n) is 6.82. The van der Waals surface area contributed by atoms with Crippen molar-refractivity contribution in [3.63, 3.8) is 0 Å². The summed E-state index contributed by atoms with van der Waals surface area (Å²) in [5.74, 6) is -2.00. The maximum absolute atomic E-state index is 12.8. The molecule has 0 aliphatic carbocycles. The van der Waals surface area contributed by atoms with E-state index in [0.717, 1.165) is 77.0 Å². The minimum absolute atomic E-state index is 0.158. The molecular formula is C46H82O12S. The quantitative estimate of drug-likeness (QED) is 0.0200. The Bertz CT molecular complexity index is 1240. The van der Waals surface area contributed by atoms with Gasteiger partial charge in [-0.15, -0.1) is 0 Å². The monoisotopic (exact) mass is 859 g/mol. The lowest BCUT2D eigenvalue weighted by Crippen LogP contribution is -2.60. The van der Waals surface area contributed by atoms with Crippen molar-refractivity contribution in [2.24, 2.45) is 0 Å². The number of allylic oxidation sites excluding steroid dienone is 6. The van der Waals surface area contributed by atoms with Gasteiger partial charge in [-0.1, -0.05) is 140 Å². The van der Waals surface area contributed by atoms with Crippen molar-refractivity contribution in [1.82, 2.24) is 0 Å². The molecule has 4 N–H and O–H groups in total. The Labute approximate surface area is 357 Å². The van der Waals surface area contributed by atoms with Gasteiger partial charge in [-0.25, -0.2) is 0 Å². The van der Waals surface area contributed by atoms with Crippen molar-refractivity contribution in [2.45, 2.75) is 224 Å². The molecule has 1 saturated heterocycles. The Balaban J connectivity index is 2.43. The van der Waals surface area contributed by atoms with Gasteiger partial charge in [-0.3, -0.25) is 14.1 Å². The third-order valence-electron chi connectivity index (χ3n) is 10.4. The molecule has 1 heterocycles. The van der Waals surface area contributed by atoms with Crippen LogP contribution in [0.4, 0.5) is 0 Å². The highest BCUT2D eigenvalue weighted by molar-refractivity contribution is 7.85. The molecule has 6 atom stereocenters. The Morgan fingerprint density at radius 3 is 1.51 bits per heavy atom. The number of aliphatic hydroxyl groups excluding tert-OH is 3. The van der Waals surface area contributed by atoms with Crippen LogP contribution >= 0.6 is 0 Å². The number of esters is 2. The average molecular weight is 859 g/mol. The van der Waals surface area contributed by atoms with Gasteiger partial charge in [0.1, 0.15) is 36.8 Å². The number of ether oxygens (including phenoxy) is 4. The molecule has 0 spiro atoms. The van der Waals surface area contributed by atoms with Crippen molar-refractivity contribution < 1.29 is 56.8 Å². The molecule has 344 valence electrons. The van der Waals surface area contributed by atoms with Crippen LogP contribution in [0, 0.1) is 0 Å². The molecule has 1 rings (SSSR count). The molecular weight excluding hydrogens is 777 g/mol. The fourth-order valence-corrected chi connectivity index (χ4v) is 7.51. The molecule has 1 aliphatic rings. The van der Waals surface area contributed by atoms with Crippen LogP contribution in [-0.4, -0.2) is 96.0 Å². The van der Waals surface area contributed by atoms with E-state index in [9.17, 15) is 37.9 Å². The predicted octanol–water partition coefficient (Wildman–Crippen LogP) is 9.39. The molecule has 59 heavy (non-hydrogen) atoms. The largest absolute Gasteiger partial charge is 0.462 e. The van der Waals surface area contributed by atoms with Gasteiger partial charge in [-0.2, -0.15) is 8.42 Å². The van der Waals surface area contributed by atoms with E-state index >= 15 is 0 Å². The van der Waals surface area contributed by atoms with Crippen molar-refractivity contribution in [3.05, 3.63) is 36.5 Å². The molecule has 6 unspecified atom stereocenters. The molecule has 0 amide bonds. The molecule has 0 radical (unpaired) electrons. The average Bonchev–Trinajstić information content (AvgIpc) is 3.20. The molecule has 1 aliphatic heterocycles. The molecule has 0 bridgehead atoms. The first-order valence-corrected chi connectivity index (χ1v) is 24.7. The SMILES string of the molecule is CCCCC/C=C\C/C=C\CCCCCCCCCCCC(=O)OC(COC(=O)CCCCCCC/C=C\CCCCC)COC1OC(CS(=O)(=O)O)C(O)C(O)C1O. The maximum atomic E-state index is 12.8. The van der Waals surface area contributed by atoms with E-state index in [2.05, 4.69) is 50.3 Å². The van der Waals surface area contributed by atoms with Crippen molar-refractivity contribution >= 4 is 22.1 Å². The van der Waals surface area contributed by atoms with Crippen LogP contribution in [0.5, 0.6) is 0 Å². The minimum Gasteiger partial charge on any atom is -0.462 e. The second-order valence-corrected chi connectivity index (χ2v) is 17.6. The fraction of sp³-hybridized carbons (Fsp3) is 0.826. The summed E-state index contributed by atoms with van der Waals surface area (Å²) in [6, 6.07) is 0. The molecule has 0 saturated carbocycles. The standard InChI is InChI=1S/C46H82O12S/c1-3-5-7-9-11-13-15-17-18-19-20-21-22-23-25-27-29-31-33-35-42(48)57-39(37-56-46-45(51)44(50)43(49)40(58-46)38-59(52,53)54)36-55-41(47)34-32-30-28-26-24-16-14-12-10-8-6-4-2/h11-14,17-18,39-40,43-46,49-51H,3-10,15-16,19-38H2,1-2H3,(H,52,53,54)/b13-11-,14-12-,18-17-. The van der Waals surface area contributed by atoms with Gasteiger partial charge in [0.15, 0.2) is 12.4 Å². The smallest absolute Gasteiger partial charge is 0.306 e. The number of carbonyl (C=O) groups excluding carboxylic acids is 2. The van der Waals surface area contributed by atoms with Crippen LogP contribution < -0.4 is 0 Å². The van der Waals surface area contributed by atoms with Gasteiger partial charge in [0.25, 0.3) is 10.1 Å². The van der Waals surface area contributed by atoms with Crippen molar-refractivity contribution in [2.75, 3.05) is 19.0 Å². The Hall–Kier alpha value is -2.13. The zero-order valence-electron chi connectivity index (χ0n) is 36.6. The third-order valence-corrected chi connectivity index (χ3v) is 11.2. The van der Waals surface area contributed by atoms with Gasteiger partial charge < -0.3 is 34.3 Å². The Morgan fingerprint density at radius 1 is 0.576 bits per heavy atom. The van der Waals surface area contributed by atoms with Crippen molar-refractivity contribution in [1.29, 1.82) is 0 Å². The highest BCUT2D eigenvalue weighted by Gasteiger charge is 2.46. The number of hydrogen-bond acceptors (Lipinski definition) is 11. The lowest BCUT2D eigenvalue weighted by atomic mass is 10.00. The number of hydrogen-bond donors (Lipinski definition) is 4. The highest BCUT2D eigenvalue weighted by atomic mass is 32.2. The van der Waals surface area contributed by atoms with Gasteiger partial charge in [0.05, 0.1) is 6.61 Å². The molecule has 0 aromatic heterocycles. The molecule has 12 nitrogen and oxygen atoms in total. The molecule has 1 fully saturated rings. The van der Waals surface area contributed by atoms with Crippen LogP contribution in [0.25, 0.3) is 0 Å². The number of unbranched alkanes of at least 4 members (excludes halogenated alkanes) is 20. The van der Waals surface area contributed by atoms with Crippen LogP contribution in [-0.2, 0) is 38.7 Å². The first-order chi connectivity index (χ1) is 28.5. The normalized spacial score (nSPS) is 20.5. The van der Waals surface area contributed by atoms with Gasteiger partial charge in [0.2, 0.25) is 0 Å². The van der Waals surface area contributed by atoms with E-state index in [4.69, 9.17) is 18.9 Å². The third kappa shape index (κ3) is 31.4. The van der Waals surface area contributed by atoms with E-state index in [1.807, 2.05) is 0 Å². The summed E-state index contributed by atoms with van der Waals surface area (Å²) in [6.45, 7) is 3.70. The second-order valence-electron chi connectivity index (χ2n) is 16.1. The summed E-state index contributed by atoms with van der Waals surface area (Å²) >= 11 is 0. The van der Waals surface area contributed by atoms with E-state index < -0.39 is 71.2 Å². The van der Waals surface area contributed by atoms with Crippen LogP contribution in [0.1, 0.15) is 187 Å². The number of aliphatic hydroxyl groups is 3. The zero-order chi connectivity index (χ0) is 43.4. The van der Waals surface area contributed by atoms with E-state index in [0.29, 0.717) is 12.8 Å².